The topological polar surface area (TPSA) is 68.0 Å². The van der Waals surface area contributed by atoms with E-state index < -0.39 is 5.97 Å². The van der Waals surface area contributed by atoms with E-state index in [-0.39, 0.29) is 5.56 Å². The van der Waals surface area contributed by atoms with Gasteiger partial charge in [0.05, 0.1) is 21.8 Å². The van der Waals surface area contributed by atoms with Crippen LogP contribution in [0.3, 0.4) is 0 Å². The Morgan fingerprint density at radius 2 is 1.95 bits per heavy atom. The minimum Gasteiger partial charge on any atom is -0.478 e. The number of benzene rings is 2. The first-order valence-electron chi connectivity index (χ1n) is 5.60. The lowest BCUT2D eigenvalue weighted by atomic mass is 10.2. The fourth-order valence-electron chi connectivity index (χ4n) is 1.88. The van der Waals surface area contributed by atoms with Gasteiger partial charge < -0.3 is 5.11 Å². The van der Waals surface area contributed by atoms with Gasteiger partial charge in [0.2, 0.25) is 0 Å². The zero-order chi connectivity index (χ0) is 14.3. The molecule has 5 nitrogen and oxygen atoms in total. The van der Waals surface area contributed by atoms with E-state index in [0.29, 0.717) is 26.8 Å². The highest BCUT2D eigenvalue weighted by Crippen LogP contribution is 2.26. The van der Waals surface area contributed by atoms with Crippen molar-refractivity contribution in [3.63, 3.8) is 0 Å². The number of rotatable bonds is 2. The molecule has 3 aromatic rings. The minimum absolute atomic E-state index is 0.152. The van der Waals surface area contributed by atoms with Crippen molar-refractivity contribution < 1.29 is 9.90 Å². The molecule has 0 bridgehead atoms. The number of fused-ring (bicyclic) bond motifs is 1. The quantitative estimate of drug-likeness (QED) is 0.787. The van der Waals surface area contributed by atoms with Gasteiger partial charge in [-0.05, 0) is 36.4 Å². The largest absolute Gasteiger partial charge is 0.478 e. The average molecular weight is 308 g/mol. The van der Waals surface area contributed by atoms with E-state index in [0.717, 1.165) is 0 Å². The molecule has 1 heterocycles. The third kappa shape index (κ3) is 2.11. The summed E-state index contributed by atoms with van der Waals surface area (Å²) in [7, 11) is 0. The number of hydrogen-bond acceptors (Lipinski definition) is 3. The van der Waals surface area contributed by atoms with Crippen molar-refractivity contribution in [1.29, 1.82) is 0 Å². The predicted molar refractivity (Wildman–Crippen MR) is 75.8 cm³/mol. The number of aromatic nitrogens is 3. The van der Waals surface area contributed by atoms with Gasteiger partial charge in [-0.25, -0.2) is 9.48 Å². The van der Waals surface area contributed by atoms with Crippen LogP contribution in [0.4, 0.5) is 0 Å². The van der Waals surface area contributed by atoms with Gasteiger partial charge in [-0.3, -0.25) is 0 Å². The number of aromatic carboxylic acids is 1. The number of carboxylic acids is 1. The predicted octanol–water partition coefficient (Wildman–Crippen LogP) is 3.43. The SMILES string of the molecule is O=C(O)c1ccc2nnn(-c3cc(Cl)ccc3Cl)c2c1. The highest BCUT2D eigenvalue weighted by Gasteiger charge is 2.13. The highest BCUT2D eigenvalue weighted by atomic mass is 35.5. The van der Waals surface area contributed by atoms with Crippen molar-refractivity contribution in [3.8, 4) is 5.69 Å². The second kappa shape index (κ2) is 4.77. The molecule has 20 heavy (non-hydrogen) atoms. The normalized spacial score (nSPS) is 10.9. The van der Waals surface area contributed by atoms with Crippen LogP contribution in [0.1, 0.15) is 10.4 Å². The van der Waals surface area contributed by atoms with Crippen molar-refractivity contribution >= 4 is 40.2 Å². The number of carboxylic acid groups (broad SMARTS) is 1. The number of nitrogens with zero attached hydrogens (tertiary/aromatic N) is 3. The van der Waals surface area contributed by atoms with E-state index >= 15 is 0 Å². The van der Waals surface area contributed by atoms with Crippen LogP contribution in [0.2, 0.25) is 10.0 Å². The Hall–Kier alpha value is -2.11. The van der Waals surface area contributed by atoms with E-state index in [1.54, 1.807) is 24.3 Å². The molecule has 0 aliphatic rings. The van der Waals surface area contributed by atoms with Crippen LogP contribution in [0, 0.1) is 0 Å². The van der Waals surface area contributed by atoms with Crippen LogP contribution in [-0.2, 0) is 0 Å². The Morgan fingerprint density at radius 3 is 2.70 bits per heavy atom. The van der Waals surface area contributed by atoms with Gasteiger partial charge in [-0.2, -0.15) is 0 Å². The molecule has 3 rings (SSSR count). The lowest BCUT2D eigenvalue weighted by Crippen LogP contribution is -2.00. The van der Waals surface area contributed by atoms with Crippen LogP contribution in [0.15, 0.2) is 36.4 Å². The lowest BCUT2D eigenvalue weighted by molar-refractivity contribution is 0.0697. The van der Waals surface area contributed by atoms with E-state index in [9.17, 15) is 4.79 Å². The Bertz CT molecular complexity index is 830. The average Bonchev–Trinajstić information content (AvgIpc) is 2.84. The molecular weight excluding hydrogens is 301 g/mol. The molecule has 0 saturated heterocycles. The first kappa shape index (κ1) is 12.9. The summed E-state index contributed by atoms with van der Waals surface area (Å²) in [6.07, 6.45) is 0. The van der Waals surface area contributed by atoms with Crippen LogP contribution < -0.4 is 0 Å². The molecule has 0 unspecified atom stereocenters. The van der Waals surface area contributed by atoms with E-state index in [4.69, 9.17) is 28.3 Å². The summed E-state index contributed by atoms with van der Waals surface area (Å²) >= 11 is 12.1. The Labute approximate surface area is 123 Å². The van der Waals surface area contributed by atoms with Crippen molar-refractivity contribution in [2.75, 3.05) is 0 Å². The maximum Gasteiger partial charge on any atom is 0.335 e. The van der Waals surface area contributed by atoms with Gasteiger partial charge in [0.25, 0.3) is 0 Å². The second-order valence-corrected chi connectivity index (χ2v) is 4.95. The molecular formula is C13H7Cl2N3O2. The smallest absolute Gasteiger partial charge is 0.335 e. The van der Waals surface area contributed by atoms with Gasteiger partial charge in [0.1, 0.15) is 5.52 Å². The van der Waals surface area contributed by atoms with Gasteiger partial charge >= 0.3 is 5.97 Å². The third-order valence-corrected chi connectivity index (χ3v) is 3.38. The molecule has 100 valence electrons. The number of halogens is 2. The fourth-order valence-corrected chi connectivity index (χ4v) is 2.24. The summed E-state index contributed by atoms with van der Waals surface area (Å²) in [5.41, 5.74) is 1.82. The Morgan fingerprint density at radius 1 is 1.15 bits per heavy atom. The summed E-state index contributed by atoms with van der Waals surface area (Å²) in [4.78, 5) is 11.0. The molecule has 1 aromatic heterocycles. The zero-order valence-electron chi connectivity index (χ0n) is 9.92. The Kier molecular flexibility index (Phi) is 3.08. The lowest BCUT2D eigenvalue weighted by Gasteiger charge is -2.05. The summed E-state index contributed by atoms with van der Waals surface area (Å²) in [6, 6.07) is 9.52. The summed E-state index contributed by atoms with van der Waals surface area (Å²) in [6.45, 7) is 0. The van der Waals surface area contributed by atoms with Gasteiger partial charge in [-0.15, -0.1) is 5.10 Å². The fraction of sp³-hybridized carbons (Fsp3) is 0. The molecule has 0 fully saturated rings. The summed E-state index contributed by atoms with van der Waals surface area (Å²) in [5, 5.41) is 18.0. The van der Waals surface area contributed by atoms with Gasteiger partial charge in [0.15, 0.2) is 0 Å². The Balaban J connectivity index is 2.28. The van der Waals surface area contributed by atoms with Crippen LogP contribution in [0.25, 0.3) is 16.7 Å². The molecule has 0 spiro atoms. The molecule has 2 aromatic carbocycles. The van der Waals surface area contributed by atoms with E-state index in [1.807, 2.05) is 0 Å². The molecule has 0 aliphatic carbocycles. The second-order valence-electron chi connectivity index (χ2n) is 4.11. The summed E-state index contributed by atoms with van der Waals surface area (Å²) < 4.78 is 1.47. The number of hydrogen-bond donors (Lipinski definition) is 1. The van der Waals surface area contributed by atoms with Crippen LogP contribution >= 0.6 is 23.2 Å². The first-order chi connectivity index (χ1) is 9.56. The molecule has 0 amide bonds. The van der Waals surface area contributed by atoms with Crippen LogP contribution in [0.5, 0.6) is 0 Å². The minimum atomic E-state index is -1.02. The third-order valence-electron chi connectivity index (χ3n) is 2.83. The molecule has 0 aliphatic heterocycles. The standard InChI is InChI=1S/C13H7Cl2N3O2/c14-8-2-3-9(15)11(6-8)18-12-5-7(13(19)20)1-4-10(12)16-17-18/h1-6H,(H,19,20). The monoisotopic (exact) mass is 307 g/mol. The first-order valence-corrected chi connectivity index (χ1v) is 6.36. The highest BCUT2D eigenvalue weighted by molar-refractivity contribution is 6.34. The molecule has 0 saturated carbocycles. The number of carbonyl (C=O) groups is 1. The van der Waals surface area contributed by atoms with Gasteiger partial charge in [0, 0.05) is 5.02 Å². The van der Waals surface area contributed by atoms with Crippen LogP contribution in [-0.4, -0.2) is 26.1 Å². The van der Waals surface area contributed by atoms with Crippen molar-refractivity contribution in [1.82, 2.24) is 15.0 Å². The maximum absolute atomic E-state index is 11.0. The van der Waals surface area contributed by atoms with E-state index in [2.05, 4.69) is 10.3 Å². The molecule has 0 radical (unpaired) electrons. The molecule has 1 N–H and O–H groups in total. The summed E-state index contributed by atoms with van der Waals surface area (Å²) in [5.74, 6) is -1.02. The maximum atomic E-state index is 11.0. The van der Waals surface area contributed by atoms with Crippen molar-refractivity contribution in [3.05, 3.63) is 52.0 Å². The van der Waals surface area contributed by atoms with Crippen molar-refractivity contribution in [2.24, 2.45) is 0 Å². The zero-order valence-corrected chi connectivity index (χ0v) is 11.4. The van der Waals surface area contributed by atoms with E-state index in [1.165, 1.54) is 16.8 Å². The van der Waals surface area contributed by atoms with Crippen molar-refractivity contribution in [2.45, 2.75) is 0 Å². The molecule has 0 atom stereocenters. The molecule has 7 heteroatoms. The van der Waals surface area contributed by atoms with Gasteiger partial charge in [-0.1, -0.05) is 28.4 Å².